The lowest BCUT2D eigenvalue weighted by Crippen LogP contribution is -2.32. The minimum Gasteiger partial charge on any atom is -0.477 e. The number of nitrogens with two attached hydrogens (primary N) is 1. The van der Waals surface area contributed by atoms with E-state index in [1.54, 1.807) is 24.4 Å². The third kappa shape index (κ3) is 5.39. The lowest BCUT2D eigenvalue weighted by atomic mass is 10.0. The highest BCUT2D eigenvalue weighted by molar-refractivity contribution is 5.95. The van der Waals surface area contributed by atoms with Crippen LogP contribution in [-0.2, 0) is 13.0 Å². The third-order valence-electron chi connectivity index (χ3n) is 5.76. The standard InChI is InChI=1S/C26H28N4O3/c1-17(28-15-24(31)20-8-10-25(27)29-14-20)11-19-7-9-22-21(12-19)13-23(26(32)33)30(22)16-18-5-3-2-4-6-18/h2-10,12-14,17,24,28,31H,11,15-16H2,1H3,(H2,27,29)(H,32,33). The Morgan fingerprint density at radius 2 is 1.88 bits per heavy atom. The van der Waals surface area contributed by atoms with Gasteiger partial charge in [-0.25, -0.2) is 9.78 Å². The van der Waals surface area contributed by atoms with E-state index in [0.29, 0.717) is 24.5 Å². The number of carboxylic acid groups (broad SMARTS) is 1. The molecule has 4 rings (SSSR count). The summed E-state index contributed by atoms with van der Waals surface area (Å²) in [4.78, 5) is 15.9. The summed E-state index contributed by atoms with van der Waals surface area (Å²) < 4.78 is 1.84. The number of aliphatic hydroxyl groups is 1. The molecule has 7 nitrogen and oxygen atoms in total. The number of aromatic carboxylic acids is 1. The zero-order valence-electron chi connectivity index (χ0n) is 18.5. The molecule has 2 aromatic heterocycles. The minimum atomic E-state index is -0.940. The maximum absolute atomic E-state index is 11.9. The molecular weight excluding hydrogens is 416 g/mol. The second kappa shape index (κ2) is 9.85. The van der Waals surface area contributed by atoms with Crippen LogP contribution >= 0.6 is 0 Å². The molecule has 170 valence electrons. The number of hydrogen-bond acceptors (Lipinski definition) is 5. The summed E-state index contributed by atoms with van der Waals surface area (Å²) in [6, 6.07) is 21.2. The first-order chi connectivity index (χ1) is 15.9. The van der Waals surface area contributed by atoms with Gasteiger partial charge in [-0.2, -0.15) is 0 Å². The van der Waals surface area contributed by atoms with Gasteiger partial charge < -0.3 is 25.8 Å². The first kappa shape index (κ1) is 22.5. The first-order valence-corrected chi connectivity index (χ1v) is 10.9. The molecule has 2 aromatic carbocycles. The van der Waals surface area contributed by atoms with Gasteiger partial charge in [-0.1, -0.05) is 42.5 Å². The molecule has 0 saturated carbocycles. The van der Waals surface area contributed by atoms with Crippen LogP contribution in [-0.4, -0.2) is 38.3 Å². The number of fused-ring (bicyclic) bond motifs is 1. The van der Waals surface area contributed by atoms with Gasteiger partial charge in [-0.15, -0.1) is 0 Å². The van der Waals surface area contributed by atoms with E-state index in [1.807, 2.05) is 53.1 Å². The molecule has 0 fully saturated rings. The average molecular weight is 445 g/mol. The summed E-state index contributed by atoms with van der Waals surface area (Å²) in [5.41, 5.74) is 9.63. The Bertz CT molecular complexity index is 1240. The van der Waals surface area contributed by atoms with Crippen molar-refractivity contribution < 1.29 is 15.0 Å². The molecule has 33 heavy (non-hydrogen) atoms. The molecular formula is C26H28N4O3. The van der Waals surface area contributed by atoms with E-state index in [2.05, 4.69) is 17.2 Å². The van der Waals surface area contributed by atoms with Crippen molar-refractivity contribution in [1.82, 2.24) is 14.9 Å². The molecule has 2 heterocycles. The molecule has 0 bridgehead atoms. The molecule has 2 atom stereocenters. The van der Waals surface area contributed by atoms with Gasteiger partial charge in [-0.3, -0.25) is 0 Å². The Hall–Kier alpha value is -3.68. The summed E-state index contributed by atoms with van der Waals surface area (Å²) in [6.07, 6.45) is 1.66. The summed E-state index contributed by atoms with van der Waals surface area (Å²) in [6.45, 7) is 2.95. The zero-order chi connectivity index (χ0) is 23.4. The van der Waals surface area contributed by atoms with Gasteiger partial charge in [0.15, 0.2) is 0 Å². The zero-order valence-corrected chi connectivity index (χ0v) is 18.5. The van der Waals surface area contributed by atoms with Gasteiger partial charge in [0.05, 0.1) is 6.10 Å². The second-order valence-corrected chi connectivity index (χ2v) is 8.35. The number of rotatable bonds is 9. The van der Waals surface area contributed by atoms with Crippen LogP contribution in [0.25, 0.3) is 10.9 Å². The number of nitrogens with one attached hydrogen (secondary N) is 1. The van der Waals surface area contributed by atoms with Crippen molar-refractivity contribution >= 4 is 22.7 Å². The Labute approximate surface area is 192 Å². The summed E-state index contributed by atoms with van der Waals surface area (Å²) in [7, 11) is 0. The van der Waals surface area contributed by atoms with Gasteiger partial charge in [0.2, 0.25) is 0 Å². The number of benzene rings is 2. The number of aliphatic hydroxyl groups excluding tert-OH is 1. The van der Waals surface area contributed by atoms with Crippen molar-refractivity contribution in [3.8, 4) is 0 Å². The smallest absolute Gasteiger partial charge is 0.352 e. The van der Waals surface area contributed by atoms with Crippen molar-refractivity contribution in [1.29, 1.82) is 0 Å². The maximum Gasteiger partial charge on any atom is 0.352 e. The molecule has 0 spiro atoms. The number of pyridine rings is 1. The summed E-state index contributed by atoms with van der Waals surface area (Å²) >= 11 is 0. The molecule has 0 aliphatic rings. The fraction of sp³-hybridized carbons (Fsp3) is 0.231. The average Bonchev–Trinajstić information content (AvgIpc) is 3.16. The van der Waals surface area contributed by atoms with Crippen molar-refractivity contribution in [2.24, 2.45) is 0 Å². The fourth-order valence-electron chi connectivity index (χ4n) is 4.03. The van der Waals surface area contributed by atoms with Gasteiger partial charge in [0.1, 0.15) is 11.5 Å². The predicted molar refractivity (Wildman–Crippen MR) is 129 cm³/mol. The minimum absolute atomic E-state index is 0.115. The van der Waals surface area contributed by atoms with Crippen molar-refractivity contribution in [2.45, 2.75) is 32.0 Å². The number of hydrogen-bond donors (Lipinski definition) is 4. The van der Waals surface area contributed by atoms with E-state index in [0.717, 1.165) is 28.5 Å². The van der Waals surface area contributed by atoms with Crippen LogP contribution in [0.2, 0.25) is 0 Å². The molecule has 0 radical (unpaired) electrons. The molecule has 5 N–H and O–H groups in total. The van der Waals surface area contributed by atoms with E-state index in [-0.39, 0.29) is 11.7 Å². The number of carbonyl (C=O) groups is 1. The number of aromatic nitrogens is 2. The lowest BCUT2D eigenvalue weighted by molar-refractivity contribution is 0.0686. The van der Waals surface area contributed by atoms with E-state index >= 15 is 0 Å². The Kier molecular flexibility index (Phi) is 6.72. The van der Waals surface area contributed by atoms with Gasteiger partial charge in [0.25, 0.3) is 0 Å². The van der Waals surface area contributed by atoms with E-state index < -0.39 is 12.1 Å². The van der Waals surface area contributed by atoms with Crippen molar-refractivity contribution in [2.75, 3.05) is 12.3 Å². The quantitative estimate of drug-likeness (QED) is 0.314. The highest BCUT2D eigenvalue weighted by Gasteiger charge is 2.16. The SMILES string of the molecule is CC(Cc1ccc2c(c1)cc(C(=O)O)n2Cc1ccccc1)NCC(O)c1ccc(N)nc1. The lowest BCUT2D eigenvalue weighted by Gasteiger charge is -2.17. The Morgan fingerprint density at radius 1 is 1.09 bits per heavy atom. The summed E-state index contributed by atoms with van der Waals surface area (Å²) in [5, 5.41) is 24.4. The van der Waals surface area contributed by atoms with Gasteiger partial charge in [0, 0.05) is 41.8 Å². The number of carboxylic acids is 1. The monoisotopic (exact) mass is 444 g/mol. The second-order valence-electron chi connectivity index (χ2n) is 8.35. The fourth-order valence-corrected chi connectivity index (χ4v) is 4.03. The van der Waals surface area contributed by atoms with Crippen molar-refractivity contribution in [3.63, 3.8) is 0 Å². The Morgan fingerprint density at radius 3 is 2.58 bits per heavy atom. The number of nitrogen functional groups attached to an aromatic ring is 1. The van der Waals surface area contributed by atoms with E-state index in [9.17, 15) is 15.0 Å². The normalized spacial score (nSPS) is 13.2. The summed E-state index contributed by atoms with van der Waals surface area (Å²) in [5.74, 6) is -0.517. The predicted octanol–water partition coefficient (Wildman–Crippen LogP) is 3.62. The Balaban J connectivity index is 1.46. The molecule has 2 unspecified atom stereocenters. The molecule has 0 amide bonds. The number of nitrogens with zero attached hydrogens (tertiary/aromatic N) is 2. The molecule has 0 aliphatic heterocycles. The third-order valence-corrected chi connectivity index (χ3v) is 5.76. The van der Waals surface area contributed by atoms with Crippen LogP contribution in [0.3, 0.4) is 0 Å². The van der Waals surface area contributed by atoms with Crippen molar-refractivity contribution in [3.05, 3.63) is 95.3 Å². The van der Waals surface area contributed by atoms with Crippen LogP contribution in [0.1, 0.15) is 40.2 Å². The molecule has 0 aliphatic carbocycles. The topological polar surface area (TPSA) is 113 Å². The van der Waals surface area contributed by atoms with Crippen LogP contribution in [0.4, 0.5) is 5.82 Å². The molecule has 0 saturated heterocycles. The van der Waals surface area contributed by atoms with Crippen LogP contribution in [0, 0.1) is 0 Å². The van der Waals surface area contributed by atoms with Crippen LogP contribution < -0.4 is 11.1 Å². The highest BCUT2D eigenvalue weighted by Crippen LogP contribution is 2.24. The molecule has 4 aromatic rings. The van der Waals surface area contributed by atoms with Gasteiger partial charge >= 0.3 is 5.97 Å². The van der Waals surface area contributed by atoms with Crippen LogP contribution in [0.15, 0.2) is 72.9 Å². The number of anilines is 1. The maximum atomic E-state index is 11.9. The largest absolute Gasteiger partial charge is 0.477 e. The van der Waals surface area contributed by atoms with Gasteiger partial charge in [-0.05, 0) is 48.7 Å². The van der Waals surface area contributed by atoms with E-state index in [1.165, 1.54) is 0 Å². The first-order valence-electron chi connectivity index (χ1n) is 10.9. The molecule has 7 heteroatoms. The van der Waals surface area contributed by atoms with E-state index in [4.69, 9.17) is 5.73 Å². The highest BCUT2D eigenvalue weighted by atomic mass is 16.4. The van der Waals surface area contributed by atoms with Crippen LogP contribution in [0.5, 0.6) is 0 Å².